The Morgan fingerprint density at radius 2 is 2.00 bits per heavy atom. The van der Waals surface area contributed by atoms with Gasteiger partial charge in [-0.3, -0.25) is 0 Å². The average Bonchev–Trinajstić information content (AvgIpc) is 1.96. The molecule has 1 atom stereocenters. The summed E-state index contributed by atoms with van der Waals surface area (Å²) in [5.41, 5.74) is -0.125. The molecule has 1 aromatic rings. The molecule has 4 heteroatoms. The lowest BCUT2D eigenvalue weighted by Gasteiger charge is -2.06. The summed E-state index contributed by atoms with van der Waals surface area (Å²) in [6.07, 6.45) is -1.06. The normalized spacial score (nSPS) is 13.1. The molecule has 66 valence electrons. The Bertz CT molecular complexity index is 299. The molecule has 12 heavy (non-hydrogen) atoms. The summed E-state index contributed by atoms with van der Waals surface area (Å²) in [4.78, 5) is 0. The van der Waals surface area contributed by atoms with Crippen molar-refractivity contribution >= 4 is 11.6 Å². The molecule has 0 aliphatic carbocycles. The van der Waals surface area contributed by atoms with Gasteiger partial charge in [0.05, 0.1) is 11.1 Å². The summed E-state index contributed by atoms with van der Waals surface area (Å²) < 4.78 is 25.6. The number of hydrogen-bond donors (Lipinski definition) is 1. The van der Waals surface area contributed by atoms with Gasteiger partial charge in [0.15, 0.2) is 0 Å². The lowest BCUT2D eigenvalue weighted by atomic mass is 10.1. The quantitative estimate of drug-likeness (QED) is 0.679. The summed E-state index contributed by atoms with van der Waals surface area (Å²) in [6, 6.07) is 1.79. The molecule has 0 aromatic heterocycles. The van der Waals surface area contributed by atoms with Gasteiger partial charge in [-0.2, -0.15) is 0 Å². The zero-order valence-electron chi connectivity index (χ0n) is 6.31. The van der Waals surface area contributed by atoms with E-state index in [1.54, 1.807) is 0 Å². The van der Waals surface area contributed by atoms with E-state index in [9.17, 15) is 8.78 Å². The number of rotatable bonds is 1. The third-order valence-corrected chi connectivity index (χ3v) is 1.75. The fraction of sp³-hybridized carbons (Fsp3) is 0.250. The van der Waals surface area contributed by atoms with Gasteiger partial charge >= 0.3 is 0 Å². The van der Waals surface area contributed by atoms with Gasteiger partial charge in [-0.1, -0.05) is 11.6 Å². The third kappa shape index (κ3) is 1.73. The molecular formula is C8H7ClF2O. The van der Waals surface area contributed by atoms with Crippen molar-refractivity contribution in [1.29, 1.82) is 0 Å². The van der Waals surface area contributed by atoms with Crippen molar-refractivity contribution in [2.24, 2.45) is 0 Å². The minimum Gasteiger partial charge on any atom is -0.389 e. The summed E-state index contributed by atoms with van der Waals surface area (Å²) in [5, 5.41) is 8.67. The van der Waals surface area contributed by atoms with Crippen LogP contribution in [0.25, 0.3) is 0 Å². The summed E-state index contributed by atoms with van der Waals surface area (Å²) in [7, 11) is 0. The highest BCUT2D eigenvalue weighted by atomic mass is 35.5. The number of hydrogen-bond acceptors (Lipinski definition) is 1. The van der Waals surface area contributed by atoms with E-state index in [1.807, 2.05) is 0 Å². The average molecular weight is 193 g/mol. The molecule has 1 aromatic carbocycles. The highest BCUT2D eigenvalue weighted by Gasteiger charge is 2.12. The molecule has 1 unspecified atom stereocenters. The molecule has 1 nitrogen and oxygen atoms in total. The molecule has 0 heterocycles. The van der Waals surface area contributed by atoms with Gasteiger partial charge in [-0.25, -0.2) is 8.78 Å². The zero-order chi connectivity index (χ0) is 9.30. The van der Waals surface area contributed by atoms with Crippen LogP contribution in [0.3, 0.4) is 0 Å². The van der Waals surface area contributed by atoms with Gasteiger partial charge in [-0.15, -0.1) is 0 Å². The molecule has 0 amide bonds. The Labute approximate surface area is 73.6 Å². The minimum atomic E-state index is -1.06. The molecular weight excluding hydrogens is 186 g/mol. The van der Waals surface area contributed by atoms with Crippen LogP contribution in [-0.4, -0.2) is 5.11 Å². The Kier molecular flexibility index (Phi) is 2.65. The highest BCUT2D eigenvalue weighted by molar-refractivity contribution is 6.30. The van der Waals surface area contributed by atoms with E-state index in [0.29, 0.717) is 0 Å². The first-order chi connectivity index (χ1) is 5.52. The van der Waals surface area contributed by atoms with E-state index in [4.69, 9.17) is 16.7 Å². The lowest BCUT2D eigenvalue weighted by molar-refractivity contribution is 0.193. The van der Waals surface area contributed by atoms with Crippen LogP contribution in [0, 0.1) is 11.6 Å². The van der Waals surface area contributed by atoms with Crippen LogP contribution < -0.4 is 0 Å². The van der Waals surface area contributed by atoms with Gasteiger partial charge in [0, 0.05) is 5.56 Å². The molecule has 0 spiro atoms. The Hall–Kier alpha value is -0.670. The van der Waals surface area contributed by atoms with Crippen molar-refractivity contribution in [1.82, 2.24) is 0 Å². The van der Waals surface area contributed by atoms with E-state index in [1.165, 1.54) is 6.92 Å². The number of halogens is 3. The van der Waals surface area contributed by atoms with Crippen molar-refractivity contribution in [2.75, 3.05) is 0 Å². The monoisotopic (exact) mass is 192 g/mol. The molecule has 1 N–H and O–H groups in total. The van der Waals surface area contributed by atoms with Gasteiger partial charge < -0.3 is 5.11 Å². The fourth-order valence-corrected chi connectivity index (χ4v) is 1.09. The molecule has 0 aliphatic rings. The van der Waals surface area contributed by atoms with Crippen molar-refractivity contribution < 1.29 is 13.9 Å². The number of aliphatic hydroxyl groups excluding tert-OH is 1. The highest BCUT2D eigenvalue weighted by Crippen LogP contribution is 2.24. The first-order valence-electron chi connectivity index (χ1n) is 3.35. The first-order valence-corrected chi connectivity index (χ1v) is 3.72. The van der Waals surface area contributed by atoms with Crippen LogP contribution in [0.4, 0.5) is 8.78 Å². The second-order valence-electron chi connectivity index (χ2n) is 2.47. The van der Waals surface area contributed by atoms with Crippen molar-refractivity contribution in [2.45, 2.75) is 13.0 Å². The summed E-state index contributed by atoms with van der Waals surface area (Å²) >= 11 is 5.34. The third-order valence-electron chi connectivity index (χ3n) is 1.47. The zero-order valence-corrected chi connectivity index (χ0v) is 7.07. The van der Waals surface area contributed by atoms with E-state index in [-0.39, 0.29) is 10.6 Å². The van der Waals surface area contributed by atoms with Crippen LogP contribution >= 0.6 is 11.6 Å². The maximum absolute atomic E-state index is 13.0. The van der Waals surface area contributed by atoms with Gasteiger partial charge in [0.1, 0.15) is 11.6 Å². The van der Waals surface area contributed by atoms with E-state index >= 15 is 0 Å². The largest absolute Gasteiger partial charge is 0.389 e. The molecule has 0 fully saturated rings. The molecule has 0 bridgehead atoms. The summed E-state index contributed by atoms with van der Waals surface area (Å²) in [6.45, 7) is 1.34. The SMILES string of the molecule is CC(O)c1cc(F)cc(Cl)c1F. The fourth-order valence-electron chi connectivity index (χ4n) is 0.880. The molecule has 1 rings (SSSR count). The van der Waals surface area contributed by atoms with E-state index in [0.717, 1.165) is 12.1 Å². The van der Waals surface area contributed by atoms with Crippen LogP contribution in [0.5, 0.6) is 0 Å². The van der Waals surface area contributed by atoms with Crippen molar-refractivity contribution in [3.8, 4) is 0 Å². The Morgan fingerprint density at radius 3 is 2.50 bits per heavy atom. The smallest absolute Gasteiger partial charge is 0.147 e. The number of aliphatic hydroxyl groups is 1. The maximum atomic E-state index is 13.0. The second kappa shape index (κ2) is 3.37. The Morgan fingerprint density at radius 1 is 1.42 bits per heavy atom. The van der Waals surface area contributed by atoms with E-state index < -0.39 is 17.7 Å². The Balaban J connectivity index is 3.28. The van der Waals surface area contributed by atoms with E-state index in [2.05, 4.69) is 0 Å². The topological polar surface area (TPSA) is 20.2 Å². The molecule has 0 saturated heterocycles. The van der Waals surface area contributed by atoms with Crippen LogP contribution in [-0.2, 0) is 0 Å². The van der Waals surface area contributed by atoms with Gasteiger partial charge in [-0.05, 0) is 19.1 Å². The maximum Gasteiger partial charge on any atom is 0.147 e. The van der Waals surface area contributed by atoms with Crippen LogP contribution in [0.15, 0.2) is 12.1 Å². The predicted octanol–water partition coefficient (Wildman–Crippen LogP) is 2.67. The first kappa shape index (κ1) is 9.42. The predicted molar refractivity (Wildman–Crippen MR) is 42.0 cm³/mol. The van der Waals surface area contributed by atoms with Crippen molar-refractivity contribution in [3.05, 3.63) is 34.4 Å². The number of benzene rings is 1. The molecule has 0 aliphatic heterocycles. The van der Waals surface area contributed by atoms with Gasteiger partial charge in [0.25, 0.3) is 0 Å². The summed E-state index contributed by atoms with van der Waals surface area (Å²) in [5.74, 6) is -1.43. The standard InChI is InChI=1S/C8H7ClF2O/c1-4(12)6-2-5(10)3-7(9)8(6)11/h2-4,12H,1H3. The van der Waals surface area contributed by atoms with Crippen LogP contribution in [0.1, 0.15) is 18.6 Å². The van der Waals surface area contributed by atoms with Gasteiger partial charge in [0.2, 0.25) is 0 Å². The molecule has 0 saturated carbocycles. The minimum absolute atomic E-state index is 0.125. The van der Waals surface area contributed by atoms with Crippen LogP contribution in [0.2, 0.25) is 5.02 Å². The molecule has 0 radical (unpaired) electrons. The lowest BCUT2D eigenvalue weighted by Crippen LogP contribution is -1.97. The van der Waals surface area contributed by atoms with Crippen molar-refractivity contribution in [3.63, 3.8) is 0 Å². The second-order valence-corrected chi connectivity index (χ2v) is 2.87.